The number of ether oxygens (including phenoxy) is 1. The summed E-state index contributed by atoms with van der Waals surface area (Å²) in [4.78, 5) is 21.7. The number of carbonyl (C=O) groups excluding carboxylic acids is 2. The van der Waals surface area contributed by atoms with E-state index in [1.54, 1.807) is 6.92 Å². The first-order valence-corrected chi connectivity index (χ1v) is 3.89. The molecule has 0 radical (unpaired) electrons. The van der Waals surface area contributed by atoms with Crippen LogP contribution in [0.15, 0.2) is 0 Å². The van der Waals surface area contributed by atoms with E-state index in [1.807, 2.05) is 0 Å². The van der Waals surface area contributed by atoms with E-state index in [9.17, 15) is 9.59 Å². The van der Waals surface area contributed by atoms with Crippen molar-refractivity contribution in [3.8, 4) is 0 Å². The summed E-state index contributed by atoms with van der Waals surface area (Å²) in [7, 11) is 0. The molecule has 0 fully saturated rings. The van der Waals surface area contributed by atoms with Crippen LogP contribution in [0, 0.1) is 0 Å². The van der Waals surface area contributed by atoms with Gasteiger partial charge in [-0.05, 0) is 6.92 Å². The molecule has 6 heteroatoms. The molecule has 76 valence electrons. The Labute approximate surface area is 76.3 Å². The van der Waals surface area contributed by atoms with Gasteiger partial charge in [0.15, 0.2) is 6.17 Å². The zero-order valence-corrected chi connectivity index (χ0v) is 7.66. The van der Waals surface area contributed by atoms with Crippen LogP contribution in [0.5, 0.6) is 0 Å². The fourth-order valence-electron chi connectivity index (χ4n) is 0.713. The van der Waals surface area contributed by atoms with E-state index in [2.05, 4.69) is 15.4 Å². The number of hydrogen-bond acceptors (Lipinski definition) is 5. The fourth-order valence-corrected chi connectivity index (χ4v) is 0.713. The second kappa shape index (κ2) is 6.38. The Balaban J connectivity index is 4.06. The van der Waals surface area contributed by atoms with Crippen molar-refractivity contribution in [1.82, 2.24) is 10.6 Å². The largest absolute Gasteiger partial charge is 0.463 e. The normalized spacial score (nSPS) is 11.9. The molecule has 0 aliphatic heterocycles. The third-order valence-electron chi connectivity index (χ3n) is 1.17. The molecule has 0 saturated carbocycles. The van der Waals surface area contributed by atoms with E-state index in [0.29, 0.717) is 0 Å². The zero-order chi connectivity index (χ0) is 10.3. The molecule has 0 saturated heterocycles. The molecule has 1 amide bonds. The van der Waals surface area contributed by atoms with Crippen molar-refractivity contribution in [1.29, 1.82) is 0 Å². The van der Waals surface area contributed by atoms with Gasteiger partial charge >= 0.3 is 5.97 Å². The lowest BCUT2D eigenvalue weighted by Crippen LogP contribution is -2.51. The third-order valence-corrected chi connectivity index (χ3v) is 1.17. The van der Waals surface area contributed by atoms with Crippen LogP contribution in [0.3, 0.4) is 0 Å². The Morgan fingerprint density at radius 2 is 2.15 bits per heavy atom. The molecule has 0 spiro atoms. The summed E-state index contributed by atoms with van der Waals surface area (Å²) in [5, 5.41) is 13.1. The molecule has 0 aromatic rings. The quantitative estimate of drug-likeness (QED) is 0.364. The van der Waals surface area contributed by atoms with Crippen LogP contribution in [0.4, 0.5) is 0 Å². The monoisotopic (exact) mass is 190 g/mol. The average Bonchev–Trinajstić information content (AvgIpc) is 2.03. The minimum atomic E-state index is -0.984. The van der Waals surface area contributed by atoms with Crippen LogP contribution >= 0.6 is 0 Å². The van der Waals surface area contributed by atoms with E-state index in [0.717, 1.165) is 0 Å². The predicted octanol–water partition coefficient (Wildman–Crippen LogP) is -1.45. The van der Waals surface area contributed by atoms with E-state index in [-0.39, 0.29) is 12.5 Å². The van der Waals surface area contributed by atoms with E-state index in [1.165, 1.54) is 6.92 Å². The lowest BCUT2D eigenvalue weighted by molar-refractivity contribution is -0.148. The maximum Gasteiger partial charge on any atom is 0.343 e. The highest BCUT2D eigenvalue weighted by molar-refractivity contribution is 5.82. The summed E-state index contributed by atoms with van der Waals surface area (Å²) in [6, 6.07) is 0. The first-order valence-electron chi connectivity index (χ1n) is 3.89. The van der Waals surface area contributed by atoms with Gasteiger partial charge in [-0.15, -0.1) is 0 Å². The van der Waals surface area contributed by atoms with Gasteiger partial charge in [-0.25, -0.2) is 4.79 Å². The van der Waals surface area contributed by atoms with Crippen molar-refractivity contribution in [2.75, 3.05) is 13.3 Å². The SMILES string of the molecule is CCOC(=O)[C@@H](NCO)NC(C)=O. The van der Waals surface area contributed by atoms with Crippen LogP contribution in [0.2, 0.25) is 0 Å². The van der Waals surface area contributed by atoms with Gasteiger partial charge in [-0.3, -0.25) is 10.1 Å². The maximum atomic E-state index is 11.1. The van der Waals surface area contributed by atoms with E-state index < -0.39 is 18.9 Å². The Morgan fingerprint density at radius 1 is 1.54 bits per heavy atom. The number of aliphatic hydroxyl groups excluding tert-OH is 1. The highest BCUT2D eigenvalue weighted by Crippen LogP contribution is 1.85. The molecule has 3 N–H and O–H groups in total. The van der Waals surface area contributed by atoms with Crippen molar-refractivity contribution in [3.63, 3.8) is 0 Å². The van der Waals surface area contributed by atoms with Crippen molar-refractivity contribution in [3.05, 3.63) is 0 Å². The number of carbonyl (C=O) groups is 2. The van der Waals surface area contributed by atoms with Crippen molar-refractivity contribution in [2.24, 2.45) is 0 Å². The summed E-state index contributed by atoms with van der Waals surface area (Å²) in [6.07, 6.45) is -0.984. The highest BCUT2D eigenvalue weighted by atomic mass is 16.5. The minimum absolute atomic E-state index is 0.224. The number of amides is 1. The Bertz CT molecular complexity index is 183. The third kappa shape index (κ3) is 5.15. The van der Waals surface area contributed by atoms with Crippen LogP contribution < -0.4 is 10.6 Å². The standard InChI is InChI=1S/C7H14N2O4/c1-3-13-7(12)6(8-4-10)9-5(2)11/h6,8,10H,3-4H2,1-2H3,(H,9,11)/t6-/m0/s1. The Morgan fingerprint density at radius 3 is 2.54 bits per heavy atom. The number of rotatable bonds is 5. The number of nitrogens with one attached hydrogen (secondary N) is 2. The number of aliphatic hydroxyl groups is 1. The minimum Gasteiger partial charge on any atom is -0.463 e. The Kier molecular flexibility index (Phi) is 5.82. The van der Waals surface area contributed by atoms with Crippen LogP contribution in [-0.4, -0.2) is 36.5 Å². The zero-order valence-electron chi connectivity index (χ0n) is 7.66. The predicted molar refractivity (Wildman–Crippen MR) is 44.5 cm³/mol. The topological polar surface area (TPSA) is 87.7 Å². The molecular formula is C7H14N2O4. The van der Waals surface area contributed by atoms with Gasteiger partial charge in [0.05, 0.1) is 13.3 Å². The highest BCUT2D eigenvalue weighted by Gasteiger charge is 2.18. The molecule has 0 aromatic carbocycles. The first kappa shape index (κ1) is 11.9. The molecule has 6 nitrogen and oxygen atoms in total. The average molecular weight is 190 g/mol. The van der Waals surface area contributed by atoms with Crippen LogP contribution in [0.25, 0.3) is 0 Å². The number of hydrogen-bond donors (Lipinski definition) is 3. The van der Waals surface area contributed by atoms with E-state index >= 15 is 0 Å². The van der Waals surface area contributed by atoms with Crippen molar-refractivity contribution < 1.29 is 19.4 Å². The summed E-state index contributed by atoms with van der Waals surface area (Å²) in [6.45, 7) is 2.73. The van der Waals surface area contributed by atoms with Gasteiger partial charge in [0, 0.05) is 6.92 Å². The summed E-state index contributed by atoms with van der Waals surface area (Å²) in [5.74, 6) is -0.995. The molecular weight excluding hydrogens is 176 g/mol. The maximum absolute atomic E-state index is 11.1. The molecule has 0 aliphatic carbocycles. The van der Waals surface area contributed by atoms with Crippen LogP contribution in [-0.2, 0) is 14.3 Å². The first-order chi connectivity index (χ1) is 6.11. The second-order valence-electron chi connectivity index (χ2n) is 2.25. The summed E-state index contributed by atoms with van der Waals surface area (Å²) in [5.41, 5.74) is 0. The lowest BCUT2D eigenvalue weighted by Gasteiger charge is -2.15. The van der Waals surface area contributed by atoms with Crippen molar-refractivity contribution in [2.45, 2.75) is 20.0 Å². The molecule has 13 heavy (non-hydrogen) atoms. The van der Waals surface area contributed by atoms with Gasteiger partial charge in [0.1, 0.15) is 0 Å². The van der Waals surface area contributed by atoms with Gasteiger partial charge in [-0.2, -0.15) is 0 Å². The van der Waals surface area contributed by atoms with Crippen LogP contribution in [0.1, 0.15) is 13.8 Å². The van der Waals surface area contributed by atoms with Crippen molar-refractivity contribution >= 4 is 11.9 Å². The molecule has 1 atom stereocenters. The van der Waals surface area contributed by atoms with Gasteiger partial charge in [-0.1, -0.05) is 0 Å². The Hall–Kier alpha value is -1.14. The smallest absolute Gasteiger partial charge is 0.343 e. The van der Waals surface area contributed by atoms with Gasteiger partial charge < -0.3 is 15.2 Å². The molecule has 0 bridgehead atoms. The molecule has 0 rings (SSSR count). The summed E-state index contributed by atoms with van der Waals surface area (Å²) >= 11 is 0. The second-order valence-corrected chi connectivity index (χ2v) is 2.25. The molecule has 0 aliphatic rings. The van der Waals surface area contributed by atoms with E-state index in [4.69, 9.17) is 5.11 Å². The lowest BCUT2D eigenvalue weighted by atomic mass is 10.4. The molecule has 0 aromatic heterocycles. The fraction of sp³-hybridized carbons (Fsp3) is 0.714. The van der Waals surface area contributed by atoms with Gasteiger partial charge in [0.25, 0.3) is 0 Å². The number of esters is 1. The van der Waals surface area contributed by atoms with Gasteiger partial charge in [0.2, 0.25) is 5.91 Å². The summed E-state index contributed by atoms with van der Waals surface area (Å²) < 4.78 is 4.63. The molecule has 0 heterocycles. The molecule has 0 unspecified atom stereocenters.